The molecule has 1 aromatic carbocycles. The summed E-state index contributed by atoms with van der Waals surface area (Å²) in [7, 11) is 0. The van der Waals surface area contributed by atoms with Crippen LogP contribution in [0.5, 0.6) is 5.75 Å². The summed E-state index contributed by atoms with van der Waals surface area (Å²) in [5.41, 5.74) is 0. The van der Waals surface area contributed by atoms with E-state index in [0.29, 0.717) is 17.7 Å². The Bertz CT molecular complexity index is 587. The molecule has 2 aromatic rings. The number of benzene rings is 1. The van der Waals surface area contributed by atoms with Gasteiger partial charge in [-0.2, -0.15) is 0 Å². The summed E-state index contributed by atoms with van der Waals surface area (Å²) in [6.07, 6.45) is 1.92. The second-order valence-corrected chi connectivity index (χ2v) is 6.40. The topological polar surface area (TPSA) is 62.1 Å². The molecule has 0 radical (unpaired) electrons. The van der Waals surface area contributed by atoms with E-state index in [1.165, 1.54) is 0 Å². The lowest BCUT2D eigenvalue weighted by atomic mass is 10.1. The fourth-order valence-corrected chi connectivity index (χ4v) is 3.15. The first-order valence-electron chi connectivity index (χ1n) is 7.20. The summed E-state index contributed by atoms with van der Waals surface area (Å²) in [4.78, 5) is 0. The fourth-order valence-electron chi connectivity index (χ4n) is 2.26. The Hall–Kier alpha value is -1.31. The molecule has 1 fully saturated rings. The van der Waals surface area contributed by atoms with E-state index in [0.717, 1.165) is 42.7 Å². The lowest BCUT2D eigenvalue weighted by molar-refractivity contribution is 0.0631. The van der Waals surface area contributed by atoms with Crippen LogP contribution in [0.15, 0.2) is 29.4 Å². The van der Waals surface area contributed by atoms with Crippen molar-refractivity contribution in [2.24, 2.45) is 0 Å². The van der Waals surface area contributed by atoms with Gasteiger partial charge in [-0.3, -0.25) is 0 Å². The minimum atomic E-state index is 0.337. The van der Waals surface area contributed by atoms with E-state index in [2.05, 4.69) is 15.5 Å². The molecule has 2 heterocycles. The summed E-state index contributed by atoms with van der Waals surface area (Å²) in [5, 5.41) is 13.5. The molecule has 0 bridgehead atoms. The Kier molecular flexibility index (Phi) is 5.53. The Morgan fingerprint density at radius 1 is 1.27 bits per heavy atom. The third-order valence-corrected chi connectivity index (χ3v) is 4.55. The van der Waals surface area contributed by atoms with Crippen molar-refractivity contribution in [2.75, 3.05) is 25.6 Å². The highest BCUT2D eigenvalue weighted by Gasteiger charge is 2.20. The van der Waals surface area contributed by atoms with Gasteiger partial charge in [-0.05, 0) is 47.5 Å². The summed E-state index contributed by atoms with van der Waals surface area (Å²) in [6.45, 7) is 2.13. The number of halogens is 1. The van der Waals surface area contributed by atoms with Crippen LogP contribution in [0.25, 0.3) is 0 Å². The number of ether oxygens (including phenoxy) is 2. The zero-order valence-corrected chi connectivity index (χ0v) is 13.6. The predicted octanol–water partition coefficient (Wildman–Crippen LogP) is 2.85. The molecular formula is C14H17ClN4O2S. The molecule has 1 aliphatic heterocycles. The zero-order valence-electron chi connectivity index (χ0n) is 12.0. The van der Waals surface area contributed by atoms with Crippen LogP contribution in [-0.4, -0.2) is 45.8 Å². The molecule has 6 nitrogen and oxygen atoms in total. The summed E-state index contributed by atoms with van der Waals surface area (Å²) < 4.78 is 13.0. The van der Waals surface area contributed by atoms with E-state index in [4.69, 9.17) is 21.1 Å². The lowest BCUT2D eigenvalue weighted by Crippen LogP contribution is -2.21. The van der Waals surface area contributed by atoms with E-state index < -0.39 is 0 Å². The van der Waals surface area contributed by atoms with E-state index >= 15 is 0 Å². The van der Waals surface area contributed by atoms with Crippen molar-refractivity contribution in [1.29, 1.82) is 0 Å². The van der Waals surface area contributed by atoms with Crippen molar-refractivity contribution in [2.45, 2.75) is 24.0 Å². The van der Waals surface area contributed by atoms with E-state index in [9.17, 15) is 0 Å². The van der Waals surface area contributed by atoms with Gasteiger partial charge in [0.15, 0.2) is 0 Å². The Labute approximate surface area is 138 Å². The second kappa shape index (κ2) is 7.80. The van der Waals surface area contributed by atoms with Gasteiger partial charge in [-0.1, -0.05) is 23.4 Å². The normalized spacial score (nSPS) is 15.9. The molecular weight excluding hydrogens is 324 g/mol. The molecule has 0 spiro atoms. The molecule has 0 unspecified atom stereocenters. The number of hydrogen-bond acceptors (Lipinski definition) is 6. The molecule has 1 aliphatic rings. The average Bonchev–Trinajstić information content (AvgIpc) is 3.02. The maximum atomic E-state index is 5.84. The van der Waals surface area contributed by atoms with E-state index in [1.54, 1.807) is 11.8 Å². The van der Waals surface area contributed by atoms with Crippen molar-refractivity contribution in [3.63, 3.8) is 0 Å². The van der Waals surface area contributed by atoms with Crippen LogP contribution in [-0.2, 0) is 4.74 Å². The standard InChI is InChI=1S/C14H17ClN4O2S/c15-11-1-3-13(4-2-11)21-9-10-22-14-16-17-18-19(14)12-5-7-20-8-6-12/h1-4,12H,5-10H2. The van der Waals surface area contributed by atoms with E-state index in [1.807, 2.05) is 28.9 Å². The minimum Gasteiger partial charge on any atom is -0.493 e. The minimum absolute atomic E-state index is 0.337. The molecule has 118 valence electrons. The number of rotatable bonds is 6. The van der Waals surface area contributed by atoms with Crippen LogP contribution in [0.3, 0.4) is 0 Å². The number of hydrogen-bond donors (Lipinski definition) is 0. The van der Waals surface area contributed by atoms with Gasteiger partial charge in [0.2, 0.25) is 5.16 Å². The molecule has 0 aliphatic carbocycles. The third kappa shape index (κ3) is 4.12. The average molecular weight is 341 g/mol. The Morgan fingerprint density at radius 3 is 2.82 bits per heavy atom. The van der Waals surface area contributed by atoms with Gasteiger partial charge in [0, 0.05) is 24.0 Å². The monoisotopic (exact) mass is 340 g/mol. The van der Waals surface area contributed by atoms with Crippen LogP contribution in [0.1, 0.15) is 18.9 Å². The Balaban J connectivity index is 1.47. The second-order valence-electron chi connectivity index (χ2n) is 4.90. The quantitative estimate of drug-likeness (QED) is 0.595. The first-order chi connectivity index (χ1) is 10.8. The third-order valence-electron chi connectivity index (χ3n) is 3.40. The molecule has 1 saturated heterocycles. The highest BCUT2D eigenvalue weighted by atomic mass is 35.5. The highest BCUT2D eigenvalue weighted by Crippen LogP contribution is 2.25. The SMILES string of the molecule is Clc1ccc(OCCSc2nnnn2C2CCOCC2)cc1. The van der Waals surface area contributed by atoms with Crippen LogP contribution < -0.4 is 4.74 Å². The number of tetrazole rings is 1. The van der Waals surface area contributed by atoms with Gasteiger partial charge in [0.1, 0.15) is 5.75 Å². The first-order valence-corrected chi connectivity index (χ1v) is 8.56. The lowest BCUT2D eigenvalue weighted by Gasteiger charge is -2.22. The Morgan fingerprint density at radius 2 is 2.05 bits per heavy atom. The van der Waals surface area contributed by atoms with Gasteiger partial charge in [0.25, 0.3) is 0 Å². The number of nitrogens with zero attached hydrogens (tertiary/aromatic N) is 4. The van der Waals surface area contributed by atoms with Crippen LogP contribution >= 0.6 is 23.4 Å². The maximum absolute atomic E-state index is 5.84. The molecule has 22 heavy (non-hydrogen) atoms. The highest BCUT2D eigenvalue weighted by molar-refractivity contribution is 7.99. The summed E-state index contributed by atoms with van der Waals surface area (Å²) in [5.74, 6) is 1.60. The fraction of sp³-hybridized carbons (Fsp3) is 0.500. The van der Waals surface area contributed by atoms with Crippen molar-refractivity contribution in [3.8, 4) is 5.75 Å². The van der Waals surface area contributed by atoms with Gasteiger partial charge in [0.05, 0.1) is 12.6 Å². The first kappa shape index (κ1) is 15.6. The van der Waals surface area contributed by atoms with Crippen molar-refractivity contribution in [1.82, 2.24) is 20.2 Å². The van der Waals surface area contributed by atoms with Crippen molar-refractivity contribution in [3.05, 3.63) is 29.3 Å². The van der Waals surface area contributed by atoms with Crippen molar-refractivity contribution >= 4 is 23.4 Å². The van der Waals surface area contributed by atoms with Gasteiger partial charge in [-0.25, -0.2) is 4.68 Å². The molecule has 3 rings (SSSR count). The smallest absolute Gasteiger partial charge is 0.209 e. The van der Waals surface area contributed by atoms with Crippen LogP contribution in [0.2, 0.25) is 5.02 Å². The van der Waals surface area contributed by atoms with Crippen LogP contribution in [0.4, 0.5) is 0 Å². The number of aromatic nitrogens is 4. The van der Waals surface area contributed by atoms with Gasteiger partial charge in [-0.15, -0.1) is 5.10 Å². The molecule has 0 atom stereocenters. The van der Waals surface area contributed by atoms with E-state index in [-0.39, 0.29) is 0 Å². The molecule has 1 aromatic heterocycles. The van der Waals surface area contributed by atoms with Crippen LogP contribution in [0, 0.1) is 0 Å². The molecule has 8 heteroatoms. The predicted molar refractivity (Wildman–Crippen MR) is 84.6 cm³/mol. The van der Waals surface area contributed by atoms with Gasteiger partial charge >= 0.3 is 0 Å². The zero-order chi connectivity index (χ0) is 15.2. The maximum Gasteiger partial charge on any atom is 0.209 e. The number of thioether (sulfide) groups is 1. The summed E-state index contributed by atoms with van der Waals surface area (Å²) >= 11 is 7.44. The summed E-state index contributed by atoms with van der Waals surface area (Å²) in [6, 6.07) is 7.69. The molecule has 0 saturated carbocycles. The largest absolute Gasteiger partial charge is 0.493 e. The molecule has 0 amide bonds. The van der Waals surface area contributed by atoms with Gasteiger partial charge < -0.3 is 9.47 Å². The molecule has 0 N–H and O–H groups in total. The van der Waals surface area contributed by atoms with Crippen molar-refractivity contribution < 1.29 is 9.47 Å².